The van der Waals surface area contributed by atoms with Crippen molar-refractivity contribution in [3.63, 3.8) is 0 Å². The van der Waals surface area contributed by atoms with Gasteiger partial charge < -0.3 is 10.2 Å². The van der Waals surface area contributed by atoms with E-state index in [4.69, 9.17) is 12.2 Å². The van der Waals surface area contributed by atoms with Gasteiger partial charge in [-0.15, -0.1) is 0 Å². The van der Waals surface area contributed by atoms with Crippen LogP contribution in [0.5, 0.6) is 0 Å². The summed E-state index contributed by atoms with van der Waals surface area (Å²) in [4.78, 5) is 24.8. The van der Waals surface area contributed by atoms with Gasteiger partial charge in [0.05, 0.1) is 10.5 Å². The molecule has 8 nitrogen and oxygen atoms in total. The second-order valence-electron chi connectivity index (χ2n) is 7.28. The van der Waals surface area contributed by atoms with E-state index in [1.165, 1.54) is 18.6 Å². The first kappa shape index (κ1) is 20.9. The Hall–Kier alpha value is -2.42. The Kier molecular flexibility index (Phi) is 6.95. The zero-order chi connectivity index (χ0) is 20.1. The lowest BCUT2D eigenvalue weighted by Gasteiger charge is -2.35. The van der Waals surface area contributed by atoms with Gasteiger partial charge in [-0.1, -0.05) is 26.7 Å². The maximum absolute atomic E-state index is 12.5. The molecule has 1 amide bonds. The highest BCUT2D eigenvalue weighted by molar-refractivity contribution is 7.80. The van der Waals surface area contributed by atoms with Crippen LogP contribution in [0.15, 0.2) is 18.2 Å². The number of hydrogen-bond donors (Lipinski definition) is 3. The molecule has 0 spiro atoms. The minimum absolute atomic E-state index is 0.142. The van der Waals surface area contributed by atoms with Crippen molar-refractivity contribution in [3.05, 3.63) is 33.9 Å². The predicted molar refractivity (Wildman–Crippen MR) is 110 cm³/mol. The molecule has 1 aliphatic carbocycles. The van der Waals surface area contributed by atoms with E-state index < -0.39 is 10.8 Å². The third kappa shape index (κ3) is 5.29. The monoisotopic (exact) mass is 393 g/mol. The summed E-state index contributed by atoms with van der Waals surface area (Å²) in [6.45, 7) is 4.44. The number of nitro benzene ring substituents is 1. The zero-order valence-electron chi connectivity index (χ0n) is 16.1. The molecule has 2 rings (SSSR count). The lowest BCUT2D eigenvalue weighted by molar-refractivity contribution is -0.384. The Labute approximate surface area is 164 Å². The molecule has 0 unspecified atom stereocenters. The first-order valence-corrected chi connectivity index (χ1v) is 9.44. The number of nitrogens with zero attached hydrogens (tertiary/aromatic N) is 2. The highest BCUT2D eigenvalue weighted by Gasteiger charge is 2.27. The van der Waals surface area contributed by atoms with Gasteiger partial charge in [0.2, 0.25) is 0 Å². The molecule has 1 fully saturated rings. The molecule has 0 radical (unpaired) electrons. The minimum Gasteiger partial charge on any atom is -0.377 e. The predicted octanol–water partition coefficient (Wildman–Crippen LogP) is 2.59. The third-order valence-electron chi connectivity index (χ3n) is 5.23. The summed E-state index contributed by atoms with van der Waals surface area (Å²) in [7, 11) is 3.53. The first-order chi connectivity index (χ1) is 12.7. The van der Waals surface area contributed by atoms with Gasteiger partial charge in [-0.05, 0) is 36.5 Å². The molecule has 148 valence electrons. The summed E-state index contributed by atoms with van der Waals surface area (Å²) in [6, 6.07) is 4.44. The Morgan fingerprint density at radius 2 is 1.96 bits per heavy atom. The number of nitrogens with one attached hydrogen (secondary N) is 3. The van der Waals surface area contributed by atoms with E-state index >= 15 is 0 Å². The number of anilines is 1. The van der Waals surface area contributed by atoms with Gasteiger partial charge in [0, 0.05) is 38.0 Å². The largest absolute Gasteiger partial charge is 0.377 e. The summed E-state index contributed by atoms with van der Waals surface area (Å²) in [6.07, 6.45) is 3.41. The van der Waals surface area contributed by atoms with E-state index in [0.717, 1.165) is 12.8 Å². The Bertz CT molecular complexity index is 725. The summed E-state index contributed by atoms with van der Waals surface area (Å²) in [5, 5.41) is 14.6. The minimum atomic E-state index is -0.526. The molecule has 1 saturated carbocycles. The van der Waals surface area contributed by atoms with Crippen molar-refractivity contribution in [3.8, 4) is 0 Å². The smallest absolute Gasteiger partial charge is 0.272 e. The fourth-order valence-corrected chi connectivity index (χ4v) is 3.58. The molecule has 3 N–H and O–H groups in total. The maximum atomic E-state index is 12.5. The number of carbonyl (C=O) groups excluding carboxylic acids is 1. The Morgan fingerprint density at radius 1 is 1.26 bits per heavy atom. The van der Waals surface area contributed by atoms with Crippen molar-refractivity contribution in [2.75, 3.05) is 19.0 Å². The quantitative estimate of drug-likeness (QED) is 0.411. The number of non-ortho nitro benzene ring substituents is 1. The molecule has 1 aromatic carbocycles. The SMILES string of the molecule is C[C@H]1[C@@H](NC(=S)NNC(=O)c2cc([N+](=O)[O-])ccc2N(C)C)CCC[C@@H]1C. The number of nitro groups is 1. The van der Waals surface area contributed by atoms with Crippen molar-refractivity contribution in [1.29, 1.82) is 0 Å². The molecule has 0 saturated heterocycles. The molecular weight excluding hydrogens is 366 g/mol. The summed E-state index contributed by atoms with van der Waals surface area (Å²) >= 11 is 5.29. The van der Waals surface area contributed by atoms with Gasteiger partial charge in [-0.2, -0.15) is 0 Å². The van der Waals surface area contributed by atoms with Crippen LogP contribution in [0.2, 0.25) is 0 Å². The fraction of sp³-hybridized carbons (Fsp3) is 0.556. The number of amides is 1. The van der Waals surface area contributed by atoms with Crippen molar-refractivity contribution in [2.45, 2.75) is 39.2 Å². The van der Waals surface area contributed by atoms with Gasteiger partial charge in [0.25, 0.3) is 11.6 Å². The average Bonchev–Trinajstić information content (AvgIpc) is 2.62. The van der Waals surface area contributed by atoms with Crippen LogP contribution in [0.3, 0.4) is 0 Å². The van der Waals surface area contributed by atoms with Crippen LogP contribution in [-0.4, -0.2) is 36.1 Å². The summed E-state index contributed by atoms with van der Waals surface area (Å²) in [5.74, 6) is 0.629. The molecule has 3 atom stereocenters. The molecule has 0 heterocycles. The molecule has 9 heteroatoms. The molecule has 1 aliphatic rings. The van der Waals surface area contributed by atoms with Crippen molar-refractivity contribution >= 4 is 34.6 Å². The third-order valence-corrected chi connectivity index (χ3v) is 5.45. The normalized spacial score (nSPS) is 21.9. The van der Waals surface area contributed by atoms with Crippen molar-refractivity contribution in [1.82, 2.24) is 16.2 Å². The van der Waals surface area contributed by atoms with E-state index in [2.05, 4.69) is 30.0 Å². The van der Waals surface area contributed by atoms with E-state index in [-0.39, 0.29) is 17.3 Å². The number of carbonyl (C=O) groups is 1. The topological polar surface area (TPSA) is 99.5 Å². The number of rotatable bonds is 4. The van der Waals surface area contributed by atoms with Crippen molar-refractivity contribution < 1.29 is 9.72 Å². The highest BCUT2D eigenvalue weighted by Crippen LogP contribution is 2.29. The Balaban J connectivity index is 2.01. The maximum Gasteiger partial charge on any atom is 0.272 e. The van der Waals surface area contributed by atoms with Gasteiger partial charge in [-0.25, -0.2) is 0 Å². The van der Waals surface area contributed by atoms with Crippen LogP contribution in [-0.2, 0) is 0 Å². The number of hydrogen-bond acceptors (Lipinski definition) is 5. The zero-order valence-corrected chi connectivity index (χ0v) is 16.9. The van der Waals surface area contributed by atoms with Gasteiger partial charge >= 0.3 is 0 Å². The molecule has 1 aromatic rings. The standard InChI is InChI=1S/C18H27N5O3S/c1-11-6-5-7-15(12(11)2)19-18(27)21-20-17(24)14-10-13(23(25)26)8-9-16(14)22(3)4/h8-12,15H,5-7H2,1-4H3,(H,20,24)(H2,19,21,27)/t11-,12+,15-/m0/s1. The van der Waals surface area contributed by atoms with Crippen LogP contribution >= 0.6 is 12.2 Å². The average molecular weight is 394 g/mol. The number of benzene rings is 1. The summed E-state index contributed by atoms with van der Waals surface area (Å²) < 4.78 is 0. The van der Waals surface area contributed by atoms with Gasteiger partial charge in [0.1, 0.15) is 0 Å². The number of hydrazine groups is 1. The van der Waals surface area contributed by atoms with Crippen LogP contribution in [0, 0.1) is 22.0 Å². The molecular formula is C18H27N5O3S. The second-order valence-corrected chi connectivity index (χ2v) is 7.69. The number of thiocarbonyl (C=S) groups is 1. The van der Waals surface area contributed by atoms with Crippen LogP contribution in [0.1, 0.15) is 43.5 Å². The van der Waals surface area contributed by atoms with Gasteiger partial charge in [-0.3, -0.25) is 25.8 Å². The van der Waals surface area contributed by atoms with E-state index in [1.807, 2.05) is 0 Å². The highest BCUT2D eigenvalue weighted by atomic mass is 32.1. The second kappa shape index (κ2) is 8.98. The Morgan fingerprint density at radius 3 is 2.59 bits per heavy atom. The van der Waals surface area contributed by atoms with Gasteiger partial charge in [0.15, 0.2) is 5.11 Å². The van der Waals surface area contributed by atoms with E-state index in [9.17, 15) is 14.9 Å². The summed E-state index contributed by atoms with van der Waals surface area (Å²) in [5.41, 5.74) is 5.88. The van der Waals surface area contributed by atoms with Crippen LogP contribution in [0.4, 0.5) is 11.4 Å². The molecule has 0 bridgehead atoms. The molecule has 0 aromatic heterocycles. The lowest BCUT2D eigenvalue weighted by atomic mass is 9.78. The van der Waals surface area contributed by atoms with Crippen LogP contribution in [0.25, 0.3) is 0 Å². The van der Waals surface area contributed by atoms with E-state index in [0.29, 0.717) is 22.6 Å². The molecule has 0 aliphatic heterocycles. The lowest BCUT2D eigenvalue weighted by Crippen LogP contribution is -2.52. The van der Waals surface area contributed by atoms with Crippen molar-refractivity contribution in [2.24, 2.45) is 11.8 Å². The molecule has 27 heavy (non-hydrogen) atoms. The fourth-order valence-electron chi connectivity index (χ4n) is 3.38. The van der Waals surface area contributed by atoms with Crippen LogP contribution < -0.4 is 21.1 Å². The first-order valence-electron chi connectivity index (χ1n) is 9.03. The van der Waals surface area contributed by atoms with E-state index in [1.54, 1.807) is 25.1 Å².